The molecular weight excluding hydrogens is 220 g/mol. The van der Waals surface area contributed by atoms with Crippen molar-refractivity contribution in [3.63, 3.8) is 0 Å². The predicted molar refractivity (Wildman–Crippen MR) is 28.1 cm³/mol. The first kappa shape index (κ1) is 39.2. The van der Waals surface area contributed by atoms with E-state index < -0.39 is 9.05 Å². The summed E-state index contributed by atoms with van der Waals surface area (Å²) < 4.78 is 0. The monoisotopic (exact) mass is 226 g/mol. The zero-order valence-corrected chi connectivity index (χ0v) is 10.5. The third-order valence-corrected chi connectivity index (χ3v) is 0. The van der Waals surface area contributed by atoms with Gasteiger partial charge in [-0.25, -0.2) is 0 Å². The zero-order chi connectivity index (χ0) is 4.50. The Hall–Kier alpha value is 2.46. The van der Waals surface area contributed by atoms with E-state index in [4.69, 9.17) is 19.2 Å². The molecule has 0 bridgehead atoms. The molecule has 0 spiro atoms. The van der Waals surface area contributed by atoms with Gasteiger partial charge in [-0.05, 0) is 0 Å². The molecular formula is H6Ca2O7Si. The van der Waals surface area contributed by atoms with Crippen LogP contribution in [0.25, 0.3) is 0 Å². The van der Waals surface area contributed by atoms with Gasteiger partial charge in [0, 0.05) is 0 Å². The van der Waals surface area contributed by atoms with Gasteiger partial charge in [-0.2, -0.15) is 0 Å². The molecule has 0 rings (SSSR count). The van der Waals surface area contributed by atoms with Gasteiger partial charge in [-0.3, -0.25) is 0 Å². The summed E-state index contributed by atoms with van der Waals surface area (Å²) in [6.45, 7) is 0. The van der Waals surface area contributed by atoms with Crippen LogP contribution in [-0.2, 0) is 0 Å². The fraction of sp³-hybridized carbons (Fsp3) is 0. The van der Waals surface area contributed by atoms with Gasteiger partial charge in [0.25, 0.3) is 0 Å². The summed E-state index contributed by atoms with van der Waals surface area (Å²) >= 11 is 0. The third kappa shape index (κ3) is 155. The Balaban J connectivity index is -0.00000000800. The summed E-state index contributed by atoms with van der Waals surface area (Å²) in [5.41, 5.74) is 0. The Morgan fingerprint density at radius 1 is 0.600 bits per heavy atom. The average molecular weight is 226 g/mol. The van der Waals surface area contributed by atoms with E-state index in [1.165, 1.54) is 0 Å². The van der Waals surface area contributed by atoms with Gasteiger partial charge in [-0.15, -0.1) is 0 Å². The molecule has 7 nitrogen and oxygen atoms in total. The van der Waals surface area contributed by atoms with Gasteiger partial charge in [-0.1, -0.05) is 0 Å². The van der Waals surface area contributed by atoms with Crippen molar-refractivity contribution in [3.05, 3.63) is 0 Å². The predicted octanol–water partition coefficient (Wildman–Crippen LogP) is -8.37. The largest absolute Gasteiger partial charge is 2.00 e. The fourth-order valence-electron chi connectivity index (χ4n) is 0. The van der Waals surface area contributed by atoms with Crippen molar-refractivity contribution in [1.29, 1.82) is 0 Å². The Morgan fingerprint density at radius 2 is 0.600 bits per heavy atom. The van der Waals surface area contributed by atoms with Gasteiger partial charge in [0.2, 0.25) is 0 Å². The van der Waals surface area contributed by atoms with E-state index in [2.05, 4.69) is 0 Å². The number of rotatable bonds is 0. The number of hydrogen-bond acceptors (Lipinski definition) is 4. The van der Waals surface area contributed by atoms with Crippen LogP contribution in [0.2, 0.25) is 0 Å². The van der Waals surface area contributed by atoms with E-state index in [1.54, 1.807) is 0 Å². The molecule has 0 aromatic heterocycles. The van der Waals surface area contributed by atoms with Crippen LogP contribution in [0.15, 0.2) is 0 Å². The summed E-state index contributed by atoms with van der Waals surface area (Å²) in [5, 5.41) is 0. The second-order valence-electron chi connectivity index (χ2n) is 0.500. The van der Waals surface area contributed by atoms with Crippen LogP contribution in [0.5, 0.6) is 0 Å². The molecule has 0 amide bonds. The van der Waals surface area contributed by atoms with Crippen molar-refractivity contribution in [1.82, 2.24) is 0 Å². The van der Waals surface area contributed by atoms with Crippen molar-refractivity contribution >= 4 is 84.5 Å². The summed E-state index contributed by atoms with van der Waals surface area (Å²) in [5.74, 6) is 0. The standard InChI is InChI=1S/2Ca.O4Si.3H2O/c;;1-5(2,3)4;;;/h;;;3*1H2/q2*+2;-4;;;. The molecule has 10 heteroatoms. The van der Waals surface area contributed by atoms with Crippen molar-refractivity contribution in [2.45, 2.75) is 0 Å². The zero-order valence-electron chi connectivity index (χ0n) is 5.05. The molecule has 0 unspecified atom stereocenters. The van der Waals surface area contributed by atoms with Crippen LogP contribution in [0.3, 0.4) is 0 Å². The summed E-state index contributed by atoms with van der Waals surface area (Å²) in [6.07, 6.45) is 0. The molecule has 0 aliphatic carbocycles. The summed E-state index contributed by atoms with van der Waals surface area (Å²) in [6, 6.07) is 0. The van der Waals surface area contributed by atoms with Gasteiger partial charge in [0.15, 0.2) is 0 Å². The molecule has 56 valence electrons. The minimum absolute atomic E-state index is 0. The minimum atomic E-state index is -5.61. The van der Waals surface area contributed by atoms with E-state index in [0.717, 1.165) is 0 Å². The maximum Gasteiger partial charge on any atom is 2.00 e. The van der Waals surface area contributed by atoms with Crippen molar-refractivity contribution in [3.8, 4) is 0 Å². The SMILES string of the molecule is O.O.O.[Ca+2].[Ca+2].[O-][Si]([O-])([O-])[O-]. The first-order chi connectivity index (χ1) is 2.00. The Kier molecular flexibility index (Phi) is 68.7. The second-order valence-corrected chi connectivity index (χ2v) is 1.50. The molecule has 0 radical (unpaired) electrons. The topological polar surface area (TPSA) is 187 Å². The Labute approximate surface area is 118 Å². The van der Waals surface area contributed by atoms with Crippen molar-refractivity contribution in [2.75, 3.05) is 0 Å². The van der Waals surface area contributed by atoms with E-state index in [9.17, 15) is 0 Å². The summed E-state index contributed by atoms with van der Waals surface area (Å²) in [7, 11) is -5.61. The van der Waals surface area contributed by atoms with E-state index in [1.807, 2.05) is 0 Å². The molecule has 0 fully saturated rings. The van der Waals surface area contributed by atoms with E-state index in [-0.39, 0.29) is 91.9 Å². The number of hydrogen-bond donors (Lipinski definition) is 0. The van der Waals surface area contributed by atoms with Gasteiger partial charge in [0.1, 0.15) is 0 Å². The fourth-order valence-corrected chi connectivity index (χ4v) is 0. The molecule has 6 N–H and O–H groups in total. The maximum atomic E-state index is 8.58. The minimum Gasteiger partial charge on any atom is -0.894 e. The molecule has 10 heavy (non-hydrogen) atoms. The molecule has 0 aliphatic heterocycles. The van der Waals surface area contributed by atoms with Crippen LogP contribution >= 0.6 is 0 Å². The molecule has 0 heterocycles. The van der Waals surface area contributed by atoms with Crippen molar-refractivity contribution in [2.24, 2.45) is 0 Å². The molecule has 0 aromatic rings. The first-order valence-electron chi connectivity index (χ1n) is 0.816. The molecule has 0 atom stereocenters. The van der Waals surface area contributed by atoms with Crippen LogP contribution in [0.1, 0.15) is 0 Å². The Morgan fingerprint density at radius 3 is 0.600 bits per heavy atom. The van der Waals surface area contributed by atoms with E-state index in [0.29, 0.717) is 0 Å². The smallest absolute Gasteiger partial charge is 0.894 e. The Bertz CT molecular complexity index is 27.1. The maximum absolute atomic E-state index is 8.58. The summed E-state index contributed by atoms with van der Waals surface area (Å²) in [4.78, 5) is 34.3. The van der Waals surface area contributed by atoms with E-state index >= 15 is 0 Å². The third-order valence-electron chi connectivity index (χ3n) is 0. The molecule has 0 saturated carbocycles. The van der Waals surface area contributed by atoms with Crippen LogP contribution < -0.4 is 19.2 Å². The average Bonchev–Trinajstić information content (AvgIpc) is 0.722. The van der Waals surface area contributed by atoms with Crippen LogP contribution in [0, 0.1) is 0 Å². The molecule has 0 aromatic carbocycles. The van der Waals surface area contributed by atoms with Crippen LogP contribution in [-0.4, -0.2) is 101 Å². The normalized spacial score (nSPS) is 6.00. The second kappa shape index (κ2) is 17.5. The molecule has 0 saturated heterocycles. The van der Waals surface area contributed by atoms with Gasteiger partial charge >= 0.3 is 75.5 Å². The molecule has 0 aliphatic rings. The first-order valence-corrected chi connectivity index (χ1v) is 2.45. The van der Waals surface area contributed by atoms with Gasteiger partial charge in [0.05, 0.1) is 0 Å². The van der Waals surface area contributed by atoms with Crippen molar-refractivity contribution < 1.29 is 35.6 Å². The van der Waals surface area contributed by atoms with Crippen LogP contribution in [0.4, 0.5) is 0 Å². The quantitative estimate of drug-likeness (QED) is 0.371. The van der Waals surface area contributed by atoms with Gasteiger partial charge < -0.3 is 44.7 Å².